The van der Waals surface area contributed by atoms with Gasteiger partial charge in [-0.3, -0.25) is 4.90 Å². The Kier molecular flexibility index (Phi) is 5.02. The van der Waals surface area contributed by atoms with E-state index in [0.717, 1.165) is 30.2 Å². The fraction of sp³-hybridized carbons (Fsp3) is 0.545. The van der Waals surface area contributed by atoms with Crippen LogP contribution in [0.3, 0.4) is 0 Å². The molecular formula is C22H27NO5. The zero-order valence-corrected chi connectivity index (χ0v) is 16.7. The predicted octanol–water partition coefficient (Wildman–Crippen LogP) is 2.82. The summed E-state index contributed by atoms with van der Waals surface area (Å²) in [7, 11) is 0. The van der Waals surface area contributed by atoms with Gasteiger partial charge in [0.05, 0.1) is 6.61 Å². The number of aryl methyl sites for hydroxylation is 2. The highest BCUT2D eigenvalue weighted by atomic mass is 16.6. The number of carbonyl (C=O) groups is 1. The number of ether oxygens (including phenoxy) is 2. The van der Waals surface area contributed by atoms with Crippen LogP contribution in [-0.4, -0.2) is 42.3 Å². The minimum absolute atomic E-state index is 0.336. The molecule has 1 aliphatic carbocycles. The summed E-state index contributed by atoms with van der Waals surface area (Å²) in [5.74, 6) is -0.340. The van der Waals surface area contributed by atoms with E-state index in [1.807, 2.05) is 26.8 Å². The first-order chi connectivity index (χ1) is 13.3. The Balaban J connectivity index is 1.56. The number of carbonyl (C=O) groups excluding carboxylic acids is 1. The summed E-state index contributed by atoms with van der Waals surface area (Å²) in [5, 5.41) is 0.987. The summed E-state index contributed by atoms with van der Waals surface area (Å²) in [6, 6.07) is 5.76. The van der Waals surface area contributed by atoms with Gasteiger partial charge in [-0.05, 0) is 68.9 Å². The lowest BCUT2D eigenvalue weighted by Gasteiger charge is -2.33. The molecule has 6 heteroatoms. The van der Waals surface area contributed by atoms with Crippen molar-refractivity contribution in [1.82, 2.24) is 4.90 Å². The number of nitrogens with zero attached hydrogens (tertiary/aromatic N) is 1. The molecule has 4 rings (SSSR count). The lowest BCUT2D eigenvalue weighted by molar-refractivity contribution is -0.174. The third kappa shape index (κ3) is 4.13. The first-order valence-electron chi connectivity index (χ1n) is 9.94. The van der Waals surface area contributed by atoms with Gasteiger partial charge in [-0.2, -0.15) is 0 Å². The van der Waals surface area contributed by atoms with E-state index < -0.39 is 11.7 Å². The second-order valence-electron chi connectivity index (χ2n) is 8.69. The van der Waals surface area contributed by atoms with Crippen LogP contribution in [0.4, 0.5) is 0 Å². The van der Waals surface area contributed by atoms with E-state index in [2.05, 4.69) is 11.0 Å². The van der Waals surface area contributed by atoms with Crippen LogP contribution in [0.15, 0.2) is 27.4 Å². The van der Waals surface area contributed by atoms with E-state index in [0.29, 0.717) is 31.8 Å². The van der Waals surface area contributed by atoms with Crippen molar-refractivity contribution in [1.29, 1.82) is 0 Å². The van der Waals surface area contributed by atoms with Gasteiger partial charge in [0.1, 0.15) is 11.2 Å². The van der Waals surface area contributed by atoms with Crippen LogP contribution in [0.2, 0.25) is 0 Å². The zero-order chi connectivity index (χ0) is 19.9. The molecule has 2 aliphatic rings. The molecule has 1 aliphatic heterocycles. The molecule has 1 aromatic carbocycles. The molecule has 1 aromatic heterocycles. The predicted molar refractivity (Wildman–Crippen MR) is 105 cm³/mol. The quantitative estimate of drug-likeness (QED) is 0.598. The van der Waals surface area contributed by atoms with E-state index >= 15 is 0 Å². The van der Waals surface area contributed by atoms with Gasteiger partial charge in [-0.15, -0.1) is 0 Å². The first kappa shape index (κ1) is 19.2. The summed E-state index contributed by atoms with van der Waals surface area (Å²) >= 11 is 0. The van der Waals surface area contributed by atoms with Crippen molar-refractivity contribution >= 4 is 16.9 Å². The van der Waals surface area contributed by atoms with Crippen LogP contribution in [-0.2, 0) is 33.7 Å². The third-order valence-corrected chi connectivity index (χ3v) is 5.26. The van der Waals surface area contributed by atoms with Crippen molar-refractivity contribution in [2.45, 2.75) is 58.3 Å². The van der Waals surface area contributed by atoms with E-state index in [1.54, 1.807) is 6.07 Å². The van der Waals surface area contributed by atoms with Crippen molar-refractivity contribution in [3.05, 3.63) is 45.3 Å². The van der Waals surface area contributed by atoms with Gasteiger partial charge in [0.25, 0.3) is 0 Å². The third-order valence-electron chi connectivity index (χ3n) is 5.26. The highest BCUT2D eigenvalue weighted by Crippen LogP contribution is 2.29. The lowest BCUT2D eigenvalue weighted by atomic mass is 10.0. The van der Waals surface area contributed by atoms with Crippen LogP contribution >= 0.6 is 0 Å². The average molecular weight is 385 g/mol. The van der Waals surface area contributed by atoms with E-state index in [1.165, 1.54) is 11.1 Å². The molecule has 2 heterocycles. The highest BCUT2D eigenvalue weighted by Gasteiger charge is 2.31. The van der Waals surface area contributed by atoms with Crippen LogP contribution in [0.5, 0.6) is 0 Å². The number of hydrogen-bond acceptors (Lipinski definition) is 6. The largest absolute Gasteiger partial charge is 0.458 e. The van der Waals surface area contributed by atoms with Crippen molar-refractivity contribution in [2.75, 3.05) is 19.7 Å². The lowest BCUT2D eigenvalue weighted by Crippen LogP contribution is -2.47. The Bertz CT molecular complexity index is 956. The van der Waals surface area contributed by atoms with E-state index in [9.17, 15) is 9.59 Å². The fourth-order valence-corrected chi connectivity index (χ4v) is 4.02. The van der Waals surface area contributed by atoms with E-state index in [-0.39, 0.29) is 11.6 Å². The van der Waals surface area contributed by atoms with Gasteiger partial charge in [-0.1, -0.05) is 0 Å². The summed E-state index contributed by atoms with van der Waals surface area (Å²) in [5.41, 5.74) is 3.33. The molecule has 0 spiro atoms. The molecule has 1 saturated heterocycles. The SMILES string of the molecule is CC(C)(C)OC(=O)C1CN(Cc2cc(=O)oc3cc4c(cc23)CCC4)CCO1. The molecule has 0 bridgehead atoms. The Hall–Kier alpha value is -2.18. The maximum Gasteiger partial charge on any atom is 0.337 e. The number of morpholine rings is 1. The smallest absolute Gasteiger partial charge is 0.337 e. The van der Waals surface area contributed by atoms with Gasteiger partial charge in [-0.25, -0.2) is 9.59 Å². The van der Waals surface area contributed by atoms with Crippen molar-refractivity contribution in [3.63, 3.8) is 0 Å². The molecule has 6 nitrogen and oxygen atoms in total. The molecule has 2 aromatic rings. The van der Waals surface area contributed by atoms with Gasteiger partial charge in [0.15, 0.2) is 6.10 Å². The van der Waals surface area contributed by atoms with Gasteiger partial charge in [0.2, 0.25) is 0 Å². The fourth-order valence-electron chi connectivity index (χ4n) is 4.02. The van der Waals surface area contributed by atoms with Crippen LogP contribution in [0, 0.1) is 0 Å². The minimum Gasteiger partial charge on any atom is -0.458 e. The Morgan fingerprint density at radius 1 is 1.21 bits per heavy atom. The number of benzene rings is 1. The number of fused-ring (bicyclic) bond motifs is 2. The average Bonchev–Trinajstić information content (AvgIpc) is 3.06. The molecule has 28 heavy (non-hydrogen) atoms. The summed E-state index contributed by atoms with van der Waals surface area (Å²) in [4.78, 5) is 26.6. The maximum absolute atomic E-state index is 12.4. The highest BCUT2D eigenvalue weighted by molar-refractivity contribution is 5.82. The zero-order valence-electron chi connectivity index (χ0n) is 16.7. The van der Waals surface area contributed by atoms with Crippen molar-refractivity contribution in [3.8, 4) is 0 Å². The molecule has 0 amide bonds. The van der Waals surface area contributed by atoms with Crippen molar-refractivity contribution < 1.29 is 18.7 Å². The maximum atomic E-state index is 12.4. The van der Waals surface area contributed by atoms with Gasteiger partial charge >= 0.3 is 11.6 Å². The molecule has 0 radical (unpaired) electrons. The standard InChI is InChI=1S/C22H27NO5/c1-22(2,3)28-21(25)19-13-23(7-8-26-19)12-16-11-20(24)27-18-10-15-6-4-5-14(15)9-17(16)18/h9-11,19H,4-8,12-13H2,1-3H3. The van der Waals surface area contributed by atoms with Crippen LogP contribution in [0.25, 0.3) is 11.0 Å². The number of rotatable bonds is 3. The van der Waals surface area contributed by atoms with E-state index in [4.69, 9.17) is 13.9 Å². The van der Waals surface area contributed by atoms with Crippen molar-refractivity contribution in [2.24, 2.45) is 0 Å². The van der Waals surface area contributed by atoms with Gasteiger partial charge in [0, 0.05) is 31.1 Å². The van der Waals surface area contributed by atoms with Crippen LogP contribution < -0.4 is 5.63 Å². The topological polar surface area (TPSA) is 69.0 Å². The molecule has 1 fully saturated rings. The normalized spacial score (nSPS) is 20.3. The monoisotopic (exact) mass is 385 g/mol. The Morgan fingerprint density at radius 2 is 1.96 bits per heavy atom. The minimum atomic E-state index is -0.608. The number of esters is 1. The second-order valence-corrected chi connectivity index (χ2v) is 8.69. The molecule has 1 atom stereocenters. The molecule has 150 valence electrons. The summed E-state index contributed by atoms with van der Waals surface area (Å²) < 4.78 is 16.5. The molecule has 0 N–H and O–H groups in total. The second kappa shape index (κ2) is 7.33. The number of hydrogen-bond donors (Lipinski definition) is 0. The summed E-state index contributed by atoms with van der Waals surface area (Å²) in [6.45, 7) is 7.72. The molecular weight excluding hydrogens is 358 g/mol. The van der Waals surface area contributed by atoms with Crippen LogP contribution in [0.1, 0.15) is 43.9 Å². The Labute approximate surface area is 164 Å². The Morgan fingerprint density at radius 3 is 2.71 bits per heavy atom. The first-order valence-corrected chi connectivity index (χ1v) is 9.94. The summed E-state index contributed by atoms with van der Waals surface area (Å²) in [6.07, 6.45) is 2.65. The molecule has 0 saturated carbocycles. The molecule has 1 unspecified atom stereocenters. The van der Waals surface area contributed by atoms with Gasteiger partial charge < -0.3 is 13.9 Å².